The van der Waals surface area contributed by atoms with Gasteiger partial charge in [-0.05, 0) is 35.9 Å². The zero-order valence-corrected chi connectivity index (χ0v) is 12.6. The number of methoxy groups -OCH3 is 1. The third-order valence-corrected chi connectivity index (χ3v) is 3.14. The molecular weight excluding hydrogens is 299 g/mol. The molecule has 0 atom stereocenters. The summed E-state index contributed by atoms with van der Waals surface area (Å²) >= 11 is 0. The molecule has 120 valence electrons. The number of hydrogen-bond acceptors (Lipinski definition) is 3. The van der Waals surface area contributed by atoms with Crippen LogP contribution >= 0.6 is 0 Å². The van der Waals surface area contributed by atoms with Crippen molar-refractivity contribution >= 4 is 11.8 Å². The maximum Gasteiger partial charge on any atom is 0.251 e. The molecule has 0 heterocycles. The van der Waals surface area contributed by atoms with E-state index in [1.54, 1.807) is 36.4 Å². The second-order valence-corrected chi connectivity index (χ2v) is 4.82. The van der Waals surface area contributed by atoms with E-state index < -0.39 is 0 Å². The monoisotopic (exact) mass is 316 g/mol. The van der Waals surface area contributed by atoms with E-state index in [9.17, 15) is 14.0 Å². The molecule has 23 heavy (non-hydrogen) atoms. The first-order valence-corrected chi connectivity index (χ1v) is 7.02. The van der Waals surface area contributed by atoms with Crippen LogP contribution in [0.4, 0.5) is 4.39 Å². The Bertz CT molecular complexity index is 686. The third kappa shape index (κ3) is 5.10. The van der Waals surface area contributed by atoms with Crippen LogP contribution in [0.1, 0.15) is 15.9 Å². The summed E-state index contributed by atoms with van der Waals surface area (Å²) in [4.78, 5) is 23.7. The van der Waals surface area contributed by atoms with Crippen molar-refractivity contribution in [2.45, 2.75) is 6.54 Å². The normalized spacial score (nSPS) is 10.0. The molecule has 2 aromatic rings. The van der Waals surface area contributed by atoms with Gasteiger partial charge in [0.2, 0.25) is 5.91 Å². The van der Waals surface area contributed by atoms with Crippen molar-refractivity contribution < 1.29 is 18.7 Å². The van der Waals surface area contributed by atoms with E-state index >= 15 is 0 Å². The number of halogens is 1. The van der Waals surface area contributed by atoms with E-state index in [0.29, 0.717) is 11.3 Å². The van der Waals surface area contributed by atoms with Crippen LogP contribution in [0.2, 0.25) is 0 Å². The number of amides is 2. The lowest BCUT2D eigenvalue weighted by molar-refractivity contribution is -0.120. The van der Waals surface area contributed by atoms with Crippen LogP contribution in [0.5, 0.6) is 5.75 Å². The summed E-state index contributed by atoms with van der Waals surface area (Å²) in [5.41, 5.74) is 1.19. The minimum absolute atomic E-state index is 0.142. The summed E-state index contributed by atoms with van der Waals surface area (Å²) in [5.74, 6) is -0.449. The minimum atomic E-state index is -0.360. The van der Waals surface area contributed by atoms with E-state index in [1.165, 1.54) is 19.2 Å². The molecule has 0 radical (unpaired) electrons. The number of hydrogen-bond donors (Lipinski definition) is 2. The van der Waals surface area contributed by atoms with Gasteiger partial charge in [0, 0.05) is 12.1 Å². The standard InChI is InChI=1S/C17H17FN2O3/c1-23-15-4-2-3-13(9-15)17(22)20-11-16(21)19-10-12-5-7-14(18)8-6-12/h2-9H,10-11H2,1H3,(H,19,21)(H,20,22). The largest absolute Gasteiger partial charge is 0.497 e. The summed E-state index contributed by atoms with van der Waals surface area (Å²) in [6.07, 6.45) is 0. The Morgan fingerprint density at radius 3 is 2.52 bits per heavy atom. The highest BCUT2D eigenvalue weighted by Gasteiger charge is 2.08. The molecule has 6 heteroatoms. The Morgan fingerprint density at radius 2 is 1.83 bits per heavy atom. The molecule has 0 fully saturated rings. The van der Waals surface area contributed by atoms with Gasteiger partial charge in [0.25, 0.3) is 5.91 Å². The molecule has 0 saturated heterocycles. The number of nitrogens with one attached hydrogen (secondary N) is 2. The molecule has 2 rings (SSSR count). The van der Waals surface area contributed by atoms with Crippen molar-refractivity contribution in [2.24, 2.45) is 0 Å². The van der Waals surface area contributed by atoms with Crippen molar-refractivity contribution in [3.63, 3.8) is 0 Å². The summed E-state index contributed by atoms with van der Waals surface area (Å²) in [5, 5.41) is 5.18. The number of carbonyl (C=O) groups is 2. The van der Waals surface area contributed by atoms with Crippen molar-refractivity contribution in [1.29, 1.82) is 0 Å². The fourth-order valence-corrected chi connectivity index (χ4v) is 1.89. The Hall–Kier alpha value is -2.89. The highest BCUT2D eigenvalue weighted by molar-refractivity contribution is 5.96. The molecule has 0 aliphatic rings. The van der Waals surface area contributed by atoms with Gasteiger partial charge in [-0.3, -0.25) is 9.59 Å². The van der Waals surface area contributed by atoms with Crippen molar-refractivity contribution in [2.75, 3.05) is 13.7 Å². The molecule has 2 aromatic carbocycles. The summed E-state index contributed by atoms with van der Waals surface area (Å²) < 4.78 is 17.8. The van der Waals surface area contributed by atoms with Crippen molar-refractivity contribution in [1.82, 2.24) is 10.6 Å². The highest BCUT2D eigenvalue weighted by Crippen LogP contribution is 2.12. The number of rotatable bonds is 6. The Balaban J connectivity index is 1.79. The zero-order valence-electron chi connectivity index (χ0n) is 12.6. The van der Waals surface area contributed by atoms with Crippen molar-refractivity contribution in [3.05, 3.63) is 65.5 Å². The Labute approximate surface area is 133 Å². The van der Waals surface area contributed by atoms with Crippen LogP contribution in [0.25, 0.3) is 0 Å². The summed E-state index contributed by atoms with van der Waals surface area (Å²) in [6, 6.07) is 12.5. The van der Waals surface area contributed by atoms with Crippen LogP contribution in [-0.2, 0) is 11.3 Å². The van der Waals surface area contributed by atoms with E-state index in [0.717, 1.165) is 5.56 Å². The maximum absolute atomic E-state index is 12.8. The van der Waals surface area contributed by atoms with Crippen LogP contribution in [-0.4, -0.2) is 25.5 Å². The highest BCUT2D eigenvalue weighted by atomic mass is 19.1. The molecule has 0 aliphatic heterocycles. The number of carbonyl (C=O) groups excluding carboxylic acids is 2. The van der Waals surface area contributed by atoms with Gasteiger partial charge >= 0.3 is 0 Å². The minimum Gasteiger partial charge on any atom is -0.497 e. The molecular formula is C17H17FN2O3. The van der Waals surface area contributed by atoms with Crippen molar-refractivity contribution in [3.8, 4) is 5.75 Å². The fraction of sp³-hybridized carbons (Fsp3) is 0.176. The average molecular weight is 316 g/mol. The van der Waals surface area contributed by atoms with Crippen LogP contribution in [0, 0.1) is 5.82 Å². The topological polar surface area (TPSA) is 67.4 Å². The molecule has 0 bridgehead atoms. The first-order chi connectivity index (χ1) is 11.1. The lowest BCUT2D eigenvalue weighted by Crippen LogP contribution is -2.36. The van der Waals surface area contributed by atoms with E-state index in [-0.39, 0.29) is 30.7 Å². The molecule has 2 amide bonds. The second kappa shape index (κ2) is 7.93. The Morgan fingerprint density at radius 1 is 1.09 bits per heavy atom. The van der Waals surface area contributed by atoms with Crippen LogP contribution in [0.3, 0.4) is 0 Å². The van der Waals surface area contributed by atoms with Gasteiger partial charge < -0.3 is 15.4 Å². The quantitative estimate of drug-likeness (QED) is 0.855. The predicted molar refractivity (Wildman–Crippen MR) is 83.6 cm³/mol. The summed E-state index contributed by atoms with van der Waals surface area (Å²) in [6.45, 7) is 0.130. The van der Waals surface area contributed by atoms with Gasteiger partial charge in [-0.15, -0.1) is 0 Å². The smallest absolute Gasteiger partial charge is 0.251 e. The average Bonchev–Trinajstić information content (AvgIpc) is 2.59. The van der Waals surface area contributed by atoms with Crippen LogP contribution < -0.4 is 15.4 Å². The zero-order chi connectivity index (χ0) is 16.7. The van der Waals surface area contributed by atoms with E-state index in [4.69, 9.17) is 4.74 Å². The SMILES string of the molecule is COc1cccc(C(=O)NCC(=O)NCc2ccc(F)cc2)c1. The second-order valence-electron chi connectivity index (χ2n) is 4.82. The molecule has 0 saturated carbocycles. The predicted octanol–water partition coefficient (Wildman–Crippen LogP) is 1.88. The van der Waals surface area contributed by atoms with E-state index in [1.807, 2.05) is 0 Å². The van der Waals surface area contributed by atoms with E-state index in [2.05, 4.69) is 10.6 Å². The first kappa shape index (κ1) is 16.5. The van der Waals surface area contributed by atoms with Gasteiger partial charge in [0.15, 0.2) is 0 Å². The first-order valence-electron chi connectivity index (χ1n) is 7.02. The lowest BCUT2D eigenvalue weighted by Gasteiger charge is -2.08. The lowest BCUT2D eigenvalue weighted by atomic mass is 10.2. The van der Waals surface area contributed by atoms with Gasteiger partial charge in [0.1, 0.15) is 11.6 Å². The molecule has 0 spiro atoms. The third-order valence-electron chi connectivity index (χ3n) is 3.14. The Kier molecular flexibility index (Phi) is 5.68. The van der Waals surface area contributed by atoms with Gasteiger partial charge in [-0.1, -0.05) is 18.2 Å². The molecule has 0 unspecified atom stereocenters. The van der Waals surface area contributed by atoms with Gasteiger partial charge in [0.05, 0.1) is 13.7 Å². The number of ether oxygens (including phenoxy) is 1. The van der Waals surface area contributed by atoms with Gasteiger partial charge in [-0.25, -0.2) is 4.39 Å². The summed E-state index contributed by atoms with van der Waals surface area (Å²) in [7, 11) is 1.51. The molecule has 0 aliphatic carbocycles. The molecule has 5 nitrogen and oxygen atoms in total. The fourth-order valence-electron chi connectivity index (χ4n) is 1.89. The van der Waals surface area contributed by atoms with Gasteiger partial charge in [-0.2, -0.15) is 0 Å². The molecule has 2 N–H and O–H groups in total. The molecule has 0 aromatic heterocycles. The van der Waals surface area contributed by atoms with Crippen LogP contribution in [0.15, 0.2) is 48.5 Å². The number of benzene rings is 2. The maximum atomic E-state index is 12.8.